The highest BCUT2D eigenvalue weighted by molar-refractivity contribution is 7.09. The van der Waals surface area contributed by atoms with Crippen molar-refractivity contribution in [2.75, 3.05) is 20.3 Å². The number of methoxy groups -OCH3 is 1. The second-order valence-corrected chi connectivity index (χ2v) is 5.88. The number of nitrogens with zero attached hydrogens (tertiary/aromatic N) is 2. The molecule has 1 aliphatic rings. The van der Waals surface area contributed by atoms with Gasteiger partial charge in [0, 0.05) is 11.4 Å². The lowest BCUT2D eigenvalue weighted by molar-refractivity contribution is -0.141. The van der Waals surface area contributed by atoms with Crippen molar-refractivity contribution in [1.29, 1.82) is 0 Å². The number of rotatable bonds is 7. The third-order valence-electron chi connectivity index (χ3n) is 3.19. The summed E-state index contributed by atoms with van der Waals surface area (Å²) in [5, 5.41) is 4.79. The average Bonchev–Trinajstić information content (AvgIpc) is 3.28. The van der Waals surface area contributed by atoms with Crippen LogP contribution in [0.25, 0.3) is 0 Å². The first-order valence-corrected chi connectivity index (χ1v) is 8.16. The van der Waals surface area contributed by atoms with Gasteiger partial charge in [-0.2, -0.15) is 0 Å². The van der Waals surface area contributed by atoms with Gasteiger partial charge < -0.3 is 19.7 Å². The monoisotopic (exact) mass is 341 g/mol. The largest absolute Gasteiger partial charge is 0.465 e. The summed E-state index contributed by atoms with van der Waals surface area (Å²) in [6.45, 7) is 2.11. The van der Waals surface area contributed by atoms with Gasteiger partial charge >= 0.3 is 18.0 Å². The van der Waals surface area contributed by atoms with Crippen LogP contribution in [0.15, 0.2) is 5.38 Å². The van der Waals surface area contributed by atoms with Gasteiger partial charge in [0.2, 0.25) is 0 Å². The summed E-state index contributed by atoms with van der Waals surface area (Å²) in [6.07, 6.45) is 1.84. The topological polar surface area (TPSA) is 97.8 Å². The number of aromatic nitrogens is 1. The maximum absolute atomic E-state index is 12.2. The number of amides is 2. The van der Waals surface area contributed by atoms with Gasteiger partial charge in [-0.15, -0.1) is 11.3 Å². The Morgan fingerprint density at radius 2 is 2.17 bits per heavy atom. The quantitative estimate of drug-likeness (QED) is 0.748. The summed E-state index contributed by atoms with van der Waals surface area (Å²) in [5.74, 6) is -0.976. The molecule has 0 unspecified atom stereocenters. The van der Waals surface area contributed by atoms with Crippen LogP contribution in [0.4, 0.5) is 4.79 Å². The second-order valence-electron chi connectivity index (χ2n) is 4.94. The molecule has 0 aromatic carbocycles. The second kappa shape index (κ2) is 7.91. The molecule has 126 valence electrons. The number of thiazole rings is 1. The summed E-state index contributed by atoms with van der Waals surface area (Å²) < 4.78 is 9.39. The van der Waals surface area contributed by atoms with E-state index in [0.717, 1.165) is 12.8 Å². The lowest BCUT2D eigenvalue weighted by Crippen LogP contribution is -2.43. The van der Waals surface area contributed by atoms with Gasteiger partial charge in [0.15, 0.2) is 5.69 Å². The van der Waals surface area contributed by atoms with Crippen molar-refractivity contribution in [1.82, 2.24) is 15.2 Å². The van der Waals surface area contributed by atoms with Crippen LogP contribution >= 0.6 is 11.3 Å². The fourth-order valence-corrected chi connectivity index (χ4v) is 2.70. The highest BCUT2D eigenvalue weighted by Crippen LogP contribution is 2.29. The van der Waals surface area contributed by atoms with Crippen molar-refractivity contribution < 1.29 is 23.9 Å². The third-order valence-corrected chi connectivity index (χ3v) is 4.02. The molecule has 2 amide bonds. The van der Waals surface area contributed by atoms with Gasteiger partial charge in [0.25, 0.3) is 0 Å². The van der Waals surface area contributed by atoms with Crippen molar-refractivity contribution in [3.05, 3.63) is 16.1 Å². The third kappa shape index (κ3) is 4.92. The number of urea groups is 1. The number of carbonyl (C=O) groups excluding carboxylic acids is 3. The standard InChI is InChI=1S/C14H19N3O5S/c1-3-22-12(18)6-15-14(20)17(9-4-5-9)7-11-16-10(8-23-11)13(19)21-2/h8-9H,3-7H2,1-2H3,(H,15,20). The first-order valence-electron chi connectivity index (χ1n) is 7.28. The minimum absolute atomic E-state index is 0.141. The van der Waals surface area contributed by atoms with Gasteiger partial charge in [-0.05, 0) is 19.8 Å². The van der Waals surface area contributed by atoms with E-state index in [-0.39, 0.29) is 30.9 Å². The fraction of sp³-hybridized carbons (Fsp3) is 0.571. The highest BCUT2D eigenvalue weighted by Gasteiger charge is 2.33. The molecule has 0 bridgehead atoms. The Balaban J connectivity index is 1.93. The molecule has 1 aromatic heterocycles. The molecule has 23 heavy (non-hydrogen) atoms. The van der Waals surface area contributed by atoms with E-state index in [9.17, 15) is 14.4 Å². The molecule has 2 rings (SSSR count). The molecule has 1 aromatic rings. The van der Waals surface area contributed by atoms with Crippen molar-refractivity contribution >= 4 is 29.3 Å². The van der Waals surface area contributed by atoms with Crippen LogP contribution in [0.1, 0.15) is 35.3 Å². The Kier molecular flexibility index (Phi) is 5.91. The van der Waals surface area contributed by atoms with E-state index in [0.29, 0.717) is 11.6 Å². The molecule has 0 atom stereocenters. The summed E-state index contributed by atoms with van der Waals surface area (Å²) in [7, 11) is 1.29. The van der Waals surface area contributed by atoms with E-state index in [1.165, 1.54) is 18.4 Å². The smallest absolute Gasteiger partial charge is 0.357 e. The van der Waals surface area contributed by atoms with E-state index < -0.39 is 11.9 Å². The van der Waals surface area contributed by atoms with Crippen LogP contribution in [-0.2, 0) is 20.8 Å². The maximum atomic E-state index is 12.2. The number of ether oxygens (including phenoxy) is 2. The molecule has 8 nitrogen and oxygen atoms in total. The van der Waals surface area contributed by atoms with Crippen LogP contribution in [0.2, 0.25) is 0 Å². The number of hydrogen-bond donors (Lipinski definition) is 1. The highest BCUT2D eigenvalue weighted by atomic mass is 32.1. The van der Waals surface area contributed by atoms with Crippen molar-refractivity contribution in [2.45, 2.75) is 32.4 Å². The molecule has 1 heterocycles. The van der Waals surface area contributed by atoms with Gasteiger partial charge in [-0.25, -0.2) is 14.6 Å². The van der Waals surface area contributed by atoms with E-state index >= 15 is 0 Å². The minimum atomic E-state index is -0.503. The molecule has 0 radical (unpaired) electrons. The van der Waals surface area contributed by atoms with Crippen molar-refractivity contribution in [3.8, 4) is 0 Å². The Bertz CT molecular complexity index is 585. The predicted octanol–water partition coefficient (Wildman–Crippen LogP) is 1.17. The number of nitrogens with one attached hydrogen (secondary N) is 1. The van der Waals surface area contributed by atoms with E-state index in [2.05, 4.69) is 15.0 Å². The molecular weight excluding hydrogens is 322 g/mol. The van der Waals surface area contributed by atoms with Gasteiger partial charge in [0.05, 0.1) is 20.3 Å². The maximum Gasteiger partial charge on any atom is 0.357 e. The molecule has 1 aliphatic carbocycles. The first-order chi connectivity index (χ1) is 11.0. The minimum Gasteiger partial charge on any atom is -0.465 e. The van der Waals surface area contributed by atoms with Gasteiger partial charge in [0.1, 0.15) is 11.6 Å². The predicted molar refractivity (Wildman–Crippen MR) is 82.1 cm³/mol. The zero-order valence-electron chi connectivity index (χ0n) is 13.0. The van der Waals surface area contributed by atoms with Gasteiger partial charge in [-0.3, -0.25) is 4.79 Å². The van der Waals surface area contributed by atoms with Crippen LogP contribution in [0.3, 0.4) is 0 Å². The SMILES string of the molecule is CCOC(=O)CNC(=O)N(Cc1nc(C(=O)OC)cs1)C1CC1. The molecular formula is C14H19N3O5S. The molecule has 1 N–H and O–H groups in total. The van der Waals surface area contributed by atoms with E-state index in [4.69, 9.17) is 4.74 Å². The zero-order valence-corrected chi connectivity index (χ0v) is 13.9. The molecule has 1 fully saturated rings. The lowest BCUT2D eigenvalue weighted by Gasteiger charge is -2.21. The Labute approximate surface area is 137 Å². The normalized spacial score (nSPS) is 13.3. The molecule has 0 saturated heterocycles. The summed E-state index contributed by atoms with van der Waals surface area (Å²) in [5.41, 5.74) is 0.232. The van der Waals surface area contributed by atoms with E-state index in [1.807, 2.05) is 0 Å². The fourth-order valence-electron chi connectivity index (χ4n) is 1.94. The molecule has 0 aliphatic heterocycles. The van der Waals surface area contributed by atoms with E-state index in [1.54, 1.807) is 17.2 Å². The first kappa shape index (κ1) is 17.2. The number of carbonyl (C=O) groups is 3. The van der Waals surface area contributed by atoms with Gasteiger partial charge in [-0.1, -0.05) is 0 Å². The molecule has 9 heteroatoms. The van der Waals surface area contributed by atoms with Crippen LogP contribution in [0, 0.1) is 0 Å². The van der Waals surface area contributed by atoms with Crippen LogP contribution < -0.4 is 5.32 Å². The van der Waals surface area contributed by atoms with Crippen LogP contribution in [0.5, 0.6) is 0 Å². The zero-order chi connectivity index (χ0) is 16.8. The Hall–Kier alpha value is -2.16. The Morgan fingerprint density at radius 1 is 1.43 bits per heavy atom. The molecule has 1 saturated carbocycles. The summed E-state index contributed by atoms with van der Waals surface area (Å²) >= 11 is 1.29. The summed E-state index contributed by atoms with van der Waals surface area (Å²) in [4.78, 5) is 40.7. The molecule has 0 spiro atoms. The van der Waals surface area contributed by atoms with Crippen molar-refractivity contribution in [2.24, 2.45) is 0 Å². The average molecular weight is 341 g/mol. The van der Waals surface area contributed by atoms with Crippen molar-refractivity contribution in [3.63, 3.8) is 0 Å². The number of hydrogen-bond acceptors (Lipinski definition) is 7. The Morgan fingerprint density at radius 3 is 2.78 bits per heavy atom. The lowest BCUT2D eigenvalue weighted by atomic mass is 10.4. The van der Waals surface area contributed by atoms with Crippen LogP contribution in [-0.4, -0.2) is 54.2 Å². The number of esters is 2. The summed E-state index contributed by atoms with van der Waals surface area (Å²) in [6, 6.07) is -0.196.